The molecule has 0 aromatic carbocycles. The Morgan fingerprint density at radius 3 is 2.64 bits per heavy atom. The van der Waals surface area contributed by atoms with Crippen molar-refractivity contribution in [1.82, 2.24) is 9.97 Å². The van der Waals surface area contributed by atoms with Crippen LogP contribution in [0.3, 0.4) is 0 Å². The fourth-order valence-electron chi connectivity index (χ4n) is 1.72. The summed E-state index contributed by atoms with van der Waals surface area (Å²) in [4.78, 5) is 10.6. The number of hydrogen-bond donors (Lipinski definition) is 1. The Kier molecular flexibility index (Phi) is 2.27. The lowest BCUT2D eigenvalue weighted by Gasteiger charge is -2.35. The summed E-state index contributed by atoms with van der Waals surface area (Å²) in [6.45, 7) is 1.87. The van der Waals surface area contributed by atoms with Gasteiger partial charge in [0.25, 0.3) is 0 Å². The Labute approximate surface area is 84.2 Å². The van der Waals surface area contributed by atoms with Crippen molar-refractivity contribution in [3.63, 3.8) is 0 Å². The monoisotopic (exact) mass is 192 g/mol. The Morgan fingerprint density at radius 2 is 2.14 bits per heavy atom. The molecule has 0 unspecified atom stereocenters. The van der Waals surface area contributed by atoms with E-state index in [-0.39, 0.29) is 0 Å². The van der Waals surface area contributed by atoms with Gasteiger partial charge in [0, 0.05) is 19.2 Å². The number of aryl methyl sites for hydroxylation is 1. The maximum Gasteiger partial charge on any atom is 0.134 e. The minimum absolute atomic E-state index is 0.554. The number of hydrogen-bond acceptors (Lipinski definition) is 4. The zero-order valence-corrected chi connectivity index (χ0v) is 8.70. The molecular formula is C10H16N4. The Bertz CT molecular complexity index is 313. The minimum Gasteiger partial charge on any atom is -0.384 e. The quantitative estimate of drug-likeness (QED) is 0.768. The average molecular weight is 192 g/mol. The summed E-state index contributed by atoms with van der Waals surface area (Å²) in [6.07, 6.45) is 3.85. The van der Waals surface area contributed by atoms with Crippen LogP contribution in [0.4, 0.5) is 11.6 Å². The second-order valence-corrected chi connectivity index (χ2v) is 3.89. The number of rotatable bonds is 2. The van der Waals surface area contributed by atoms with Gasteiger partial charge in [-0.05, 0) is 26.2 Å². The lowest BCUT2D eigenvalue weighted by molar-refractivity contribution is 0.399. The first-order chi connectivity index (χ1) is 6.66. The van der Waals surface area contributed by atoms with E-state index in [2.05, 4.69) is 21.9 Å². The number of nitrogens with zero attached hydrogens (tertiary/aromatic N) is 3. The van der Waals surface area contributed by atoms with Gasteiger partial charge in [0.1, 0.15) is 17.5 Å². The predicted molar refractivity (Wildman–Crippen MR) is 57.2 cm³/mol. The van der Waals surface area contributed by atoms with Gasteiger partial charge >= 0.3 is 0 Å². The molecule has 0 bridgehead atoms. The number of nitrogens with two attached hydrogens (primary N) is 1. The molecule has 4 nitrogen and oxygen atoms in total. The van der Waals surface area contributed by atoms with Gasteiger partial charge in [0.05, 0.1) is 0 Å². The van der Waals surface area contributed by atoms with Crippen LogP contribution < -0.4 is 10.6 Å². The molecule has 2 rings (SSSR count). The van der Waals surface area contributed by atoms with Gasteiger partial charge in [0.15, 0.2) is 0 Å². The van der Waals surface area contributed by atoms with Crippen LogP contribution in [0.5, 0.6) is 0 Å². The van der Waals surface area contributed by atoms with Crippen LogP contribution in [-0.4, -0.2) is 23.1 Å². The molecule has 1 saturated carbocycles. The highest BCUT2D eigenvalue weighted by molar-refractivity contribution is 5.47. The lowest BCUT2D eigenvalue weighted by atomic mass is 9.92. The van der Waals surface area contributed by atoms with Crippen molar-refractivity contribution in [1.29, 1.82) is 0 Å². The van der Waals surface area contributed by atoms with E-state index in [0.717, 1.165) is 11.6 Å². The third kappa shape index (κ3) is 1.64. The fraction of sp³-hybridized carbons (Fsp3) is 0.600. The second kappa shape index (κ2) is 3.44. The van der Waals surface area contributed by atoms with E-state index in [4.69, 9.17) is 5.73 Å². The lowest BCUT2D eigenvalue weighted by Crippen LogP contribution is -2.37. The maximum atomic E-state index is 5.68. The fourth-order valence-corrected chi connectivity index (χ4v) is 1.72. The van der Waals surface area contributed by atoms with E-state index in [9.17, 15) is 0 Å². The summed E-state index contributed by atoms with van der Waals surface area (Å²) in [5.74, 6) is 2.24. The maximum absolute atomic E-state index is 5.68. The first-order valence-electron chi connectivity index (χ1n) is 5.01. The third-order valence-electron chi connectivity index (χ3n) is 2.83. The molecule has 1 heterocycles. The van der Waals surface area contributed by atoms with Gasteiger partial charge in [-0.15, -0.1) is 0 Å². The zero-order valence-electron chi connectivity index (χ0n) is 8.70. The van der Waals surface area contributed by atoms with Crippen molar-refractivity contribution >= 4 is 11.6 Å². The molecule has 1 aliphatic rings. The van der Waals surface area contributed by atoms with E-state index in [0.29, 0.717) is 11.9 Å². The minimum atomic E-state index is 0.554. The largest absolute Gasteiger partial charge is 0.384 e. The highest BCUT2D eigenvalue weighted by Gasteiger charge is 2.23. The summed E-state index contributed by atoms with van der Waals surface area (Å²) < 4.78 is 0. The molecule has 0 spiro atoms. The molecule has 76 valence electrons. The molecule has 1 aromatic rings. The molecule has 0 atom stereocenters. The van der Waals surface area contributed by atoms with Crippen LogP contribution in [0.2, 0.25) is 0 Å². The molecule has 0 aliphatic heterocycles. The zero-order chi connectivity index (χ0) is 10.1. The summed E-state index contributed by atoms with van der Waals surface area (Å²) in [5.41, 5.74) is 5.68. The van der Waals surface area contributed by atoms with Crippen LogP contribution in [0.25, 0.3) is 0 Å². The van der Waals surface area contributed by atoms with Crippen LogP contribution in [0.15, 0.2) is 6.07 Å². The van der Waals surface area contributed by atoms with Crippen LogP contribution in [-0.2, 0) is 0 Å². The predicted octanol–water partition coefficient (Wildman–Crippen LogP) is 1.36. The number of nitrogen functional groups attached to an aromatic ring is 1. The Hall–Kier alpha value is -1.32. The van der Waals surface area contributed by atoms with Gasteiger partial charge in [0.2, 0.25) is 0 Å². The normalized spacial score (nSPS) is 16.4. The molecule has 4 heteroatoms. The van der Waals surface area contributed by atoms with Gasteiger partial charge in [-0.3, -0.25) is 0 Å². The van der Waals surface area contributed by atoms with Crippen molar-refractivity contribution < 1.29 is 0 Å². The first kappa shape index (κ1) is 9.24. The first-order valence-corrected chi connectivity index (χ1v) is 5.01. The third-order valence-corrected chi connectivity index (χ3v) is 2.83. The van der Waals surface area contributed by atoms with Crippen LogP contribution in [0.1, 0.15) is 25.1 Å². The number of anilines is 2. The molecule has 0 radical (unpaired) electrons. The average Bonchev–Trinajstić information content (AvgIpc) is 1.98. The van der Waals surface area contributed by atoms with E-state index in [1.165, 1.54) is 19.3 Å². The topological polar surface area (TPSA) is 55.0 Å². The summed E-state index contributed by atoms with van der Waals surface area (Å²) in [6, 6.07) is 2.48. The summed E-state index contributed by atoms with van der Waals surface area (Å²) in [5, 5.41) is 0. The van der Waals surface area contributed by atoms with Gasteiger partial charge < -0.3 is 10.6 Å². The van der Waals surface area contributed by atoms with Crippen molar-refractivity contribution in [3.05, 3.63) is 11.9 Å². The van der Waals surface area contributed by atoms with Crippen LogP contribution >= 0.6 is 0 Å². The van der Waals surface area contributed by atoms with Crippen molar-refractivity contribution in [3.8, 4) is 0 Å². The van der Waals surface area contributed by atoms with Crippen molar-refractivity contribution in [2.24, 2.45) is 0 Å². The SMILES string of the molecule is Cc1nc(N)cc(N(C)C2CCC2)n1. The van der Waals surface area contributed by atoms with E-state index in [1.807, 2.05) is 13.0 Å². The van der Waals surface area contributed by atoms with E-state index < -0.39 is 0 Å². The number of aromatic nitrogens is 2. The summed E-state index contributed by atoms with van der Waals surface area (Å²) >= 11 is 0. The van der Waals surface area contributed by atoms with Gasteiger partial charge in [-0.25, -0.2) is 9.97 Å². The van der Waals surface area contributed by atoms with E-state index >= 15 is 0 Å². The molecule has 1 aliphatic carbocycles. The van der Waals surface area contributed by atoms with Crippen molar-refractivity contribution in [2.45, 2.75) is 32.2 Å². The van der Waals surface area contributed by atoms with Crippen LogP contribution in [0, 0.1) is 6.92 Å². The molecule has 1 aromatic heterocycles. The highest BCUT2D eigenvalue weighted by atomic mass is 15.2. The smallest absolute Gasteiger partial charge is 0.134 e. The molecule has 14 heavy (non-hydrogen) atoms. The molecule has 2 N–H and O–H groups in total. The molecule has 1 fully saturated rings. The molecule has 0 saturated heterocycles. The Balaban J connectivity index is 2.21. The highest BCUT2D eigenvalue weighted by Crippen LogP contribution is 2.27. The second-order valence-electron chi connectivity index (χ2n) is 3.89. The molecule has 0 amide bonds. The van der Waals surface area contributed by atoms with Gasteiger partial charge in [-0.2, -0.15) is 0 Å². The molecular weight excluding hydrogens is 176 g/mol. The van der Waals surface area contributed by atoms with Gasteiger partial charge in [-0.1, -0.05) is 0 Å². The standard InChI is InChI=1S/C10H16N4/c1-7-12-9(11)6-10(13-7)14(2)8-4-3-5-8/h6,8H,3-5H2,1-2H3,(H2,11,12,13). The Morgan fingerprint density at radius 1 is 1.43 bits per heavy atom. The summed E-state index contributed by atoms with van der Waals surface area (Å²) in [7, 11) is 2.07. The van der Waals surface area contributed by atoms with Crippen molar-refractivity contribution in [2.75, 3.05) is 17.7 Å². The van der Waals surface area contributed by atoms with E-state index in [1.54, 1.807) is 0 Å².